The lowest BCUT2D eigenvalue weighted by Crippen LogP contribution is -2.45. The van der Waals surface area contributed by atoms with Gasteiger partial charge in [0.15, 0.2) is 11.6 Å². The summed E-state index contributed by atoms with van der Waals surface area (Å²) in [6.07, 6.45) is 6.45. The largest absolute Gasteiger partial charge is 0.483 e. The van der Waals surface area contributed by atoms with E-state index in [0.717, 1.165) is 42.6 Å². The Morgan fingerprint density at radius 1 is 0.975 bits per heavy atom. The van der Waals surface area contributed by atoms with Gasteiger partial charge in [-0.25, -0.2) is 9.97 Å². The van der Waals surface area contributed by atoms with E-state index < -0.39 is 0 Å². The molecule has 2 saturated heterocycles. The van der Waals surface area contributed by atoms with E-state index in [2.05, 4.69) is 14.9 Å². The van der Waals surface area contributed by atoms with Crippen LogP contribution >= 0.6 is 0 Å². The van der Waals surface area contributed by atoms with Crippen LogP contribution in [0.15, 0.2) is 71.3 Å². The maximum absolute atomic E-state index is 13.2. The van der Waals surface area contributed by atoms with Gasteiger partial charge in [0, 0.05) is 42.0 Å². The molecule has 2 fully saturated rings. The molecule has 2 aliphatic heterocycles. The number of aromatic nitrogens is 2. The van der Waals surface area contributed by atoms with E-state index in [1.54, 1.807) is 6.20 Å². The minimum Gasteiger partial charge on any atom is -0.483 e. The second-order valence-electron chi connectivity index (χ2n) is 10.6. The van der Waals surface area contributed by atoms with E-state index >= 15 is 0 Å². The van der Waals surface area contributed by atoms with Crippen molar-refractivity contribution in [2.75, 3.05) is 31.9 Å². The van der Waals surface area contributed by atoms with Gasteiger partial charge in [0.25, 0.3) is 5.91 Å². The number of aryl methyl sites for hydroxylation is 1. The standard InChI is InChI=1S/C32H35N5O3/c1-22-28(35-31(40-22)24-7-3-2-4-8-24)21-39-29-19-26(20-34-30(29)33)23-9-11-25(12-10-23)32(38)37-17-13-27(14-18-37)36-15-5-6-16-36/h2-4,7-12,19-20,27H,5-6,13-18,21H2,1H3,(H2,33,34). The Balaban J connectivity index is 1.09. The van der Waals surface area contributed by atoms with Gasteiger partial charge in [-0.15, -0.1) is 0 Å². The van der Waals surface area contributed by atoms with Crippen LogP contribution in [-0.4, -0.2) is 57.9 Å². The molecule has 2 aliphatic rings. The Morgan fingerprint density at radius 3 is 2.42 bits per heavy atom. The Bertz CT molecular complexity index is 1450. The zero-order chi connectivity index (χ0) is 27.5. The number of hydrogen-bond acceptors (Lipinski definition) is 7. The Hall–Kier alpha value is -4.17. The fourth-order valence-electron chi connectivity index (χ4n) is 5.67. The lowest BCUT2D eigenvalue weighted by molar-refractivity contribution is 0.0644. The first-order valence-electron chi connectivity index (χ1n) is 14.1. The van der Waals surface area contributed by atoms with Gasteiger partial charge in [-0.1, -0.05) is 30.3 Å². The van der Waals surface area contributed by atoms with Gasteiger partial charge in [0.1, 0.15) is 18.1 Å². The average Bonchev–Trinajstić information content (AvgIpc) is 3.67. The maximum atomic E-state index is 13.2. The van der Waals surface area contributed by atoms with Crippen molar-refractivity contribution >= 4 is 11.7 Å². The molecular weight excluding hydrogens is 502 g/mol. The van der Waals surface area contributed by atoms with Crippen molar-refractivity contribution in [2.24, 2.45) is 0 Å². The molecule has 6 rings (SSSR count). The van der Waals surface area contributed by atoms with E-state index in [1.807, 2.05) is 72.5 Å². The number of oxazole rings is 1. The predicted molar refractivity (Wildman–Crippen MR) is 155 cm³/mol. The van der Waals surface area contributed by atoms with Gasteiger partial charge in [0.2, 0.25) is 5.89 Å². The van der Waals surface area contributed by atoms with Crippen molar-refractivity contribution in [3.8, 4) is 28.3 Å². The molecular formula is C32H35N5O3. The van der Waals surface area contributed by atoms with Crippen molar-refractivity contribution in [3.05, 3.63) is 83.9 Å². The lowest BCUT2D eigenvalue weighted by Gasteiger charge is -2.36. The summed E-state index contributed by atoms with van der Waals surface area (Å²) in [6, 6.07) is 20.0. The number of carbonyl (C=O) groups is 1. The second kappa shape index (κ2) is 11.5. The topological polar surface area (TPSA) is 97.7 Å². The Labute approximate surface area is 234 Å². The first-order chi connectivity index (χ1) is 19.5. The minimum atomic E-state index is 0.101. The number of ether oxygens (including phenoxy) is 1. The highest BCUT2D eigenvalue weighted by atomic mass is 16.5. The number of carbonyl (C=O) groups excluding carboxylic acids is 1. The Morgan fingerprint density at radius 2 is 1.70 bits per heavy atom. The number of rotatable bonds is 7. The molecule has 40 heavy (non-hydrogen) atoms. The van der Waals surface area contributed by atoms with Crippen LogP contribution < -0.4 is 10.5 Å². The zero-order valence-corrected chi connectivity index (χ0v) is 22.9. The summed E-state index contributed by atoms with van der Waals surface area (Å²) < 4.78 is 11.9. The zero-order valence-electron chi connectivity index (χ0n) is 22.9. The molecule has 1 amide bonds. The first kappa shape index (κ1) is 26.1. The van der Waals surface area contributed by atoms with Gasteiger partial charge >= 0.3 is 0 Å². The van der Waals surface area contributed by atoms with Crippen LogP contribution in [0.25, 0.3) is 22.6 Å². The van der Waals surface area contributed by atoms with E-state index in [9.17, 15) is 4.79 Å². The predicted octanol–water partition coefficient (Wildman–Crippen LogP) is 5.57. The fraction of sp³-hybridized carbons (Fsp3) is 0.344. The van der Waals surface area contributed by atoms with E-state index in [4.69, 9.17) is 14.9 Å². The second-order valence-corrected chi connectivity index (χ2v) is 10.6. The molecule has 0 radical (unpaired) electrons. The van der Waals surface area contributed by atoms with Crippen LogP contribution in [0.5, 0.6) is 5.75 Å². The van der Waals surface area contributed by atoms with Crippen molar-refractivity contribution in [1.82, 2.24) is 19.8 Å². The summed E-state index contributed by atoms with van der Waals surface area (Å²) >= 11 is 0. The minimum absolute atomic E-state index is 0.101. The third kappa shape index (κ3) is 5.58. The molecule has 0 aliphatic carbocycles. The molecule has 206 valence electrons. The van der Waals surface area contributed by atoms with Gasteiger partial charge in [-0.05, 0) is 81.6 Å². The SMILES string of the molecule is Cc1oc(-c2ccccc2)nc1COc1cc(-c2ccc(C(=O)N3CCC(N4CCCC4)CC3)cc2)cnc1N. The summed E-state index contributed by atoms with van der Waals surface area (Å²) in [5, 5.41) is 0. The van der Waals surface area contributed by atoms with Crippen molar-refractivity contribution < 1.29 is 13.9 Å². The number of likely N-dealkylation sites (tertiary alicyclic amines) is 2. The molecule has 0 spiro atoms. The van der Waals surface area contributed by atoms with Crippen molar-refractivity contribution in [2.45, 2.75) is 45.3 Å². The highest BCUT2D eigenvalue weighted by molar-refractivity contribution is 5.94. The summed E-state index contributed by atoms with van der Waals surface area (Å²) in [5.74, 6) is 2.13. The van der Waals surface area contributed by atoms with Gasteiger partial charge < -0.3 is 24.7 Å². The molecule has 8 heteroatoms. The third-order valence-corrected chi connectivity index (χ3v) is 8.03. The van der Waals surface area contributed by atoms with Crippen LogP contribution in [0.2, 0.25) is 0 Å². The Kier molecular flexibility index (Phi) is 7.51. The van der Waals surface area contributed by atoms with Crippen LogP contribution in [0.1, 0.15) is 47.5 Å². The summed E-state index contributed by atoms with van der Waals surface area (Å²) in [7, 11) is 0. The molecule has 0 atom stereocenters. The summed E-state index contributed by atoms with van der Waals surface area (Å²) in [5.41, 5.74) is 10.2. The van der Waals surface area contributed by atoms with Gasteiger partial charge in [-0.2, -0.15) is 0 Å². The third-order valence-electron chi connectivity index (χ3n) is 8.03. The normalized spacial score (nSPS) is 16.4. The van der Waals surface area contributed by atoms with Crippen LogP contribution in [0.3, 0.4) is 0 Å². The number of hydrogen-bond donors (Lipinski definition) is 1. The molecule has 4 aromatic rings. The highest BCUT2D eigenvalue weighted by Crippen LogP contribution is 2.29. The smallest absolute Gasteiger partial charge is 0.253 e. The molecule has 2 aromatic carbocycles. The molecule has 0 bridgehead atoms. The van der Waals surface area contributed by atoms with E-state index in [0.29, 0.717) is 40.5 Å². The maximum Gasteiger partial charge on any atom is 0.253 e. The van der Waals surface area contributed by atoms with Crippen LogP contribution in [0, 0.1) is 6.92 Å². The number of nitrogens with two attached hydrogens (primary N) is 1. The number of benzene rings is 2. The van der Waals surface area contributed by atoms with E-state index in [1.165, 1.54) is 25.9 Å². The first-order valence-corrected chi connectivity index (χ1v) is 14.1. The molecule has 0 saturated carbocycles. The van der Waals surface area contributed by atoms with Gasteiger partial charge in [0.05, 0.1) is 0 Å². The lowest BCUT2D eigenvalue weighted by atomic mass is 10.0. The number of nitrogens with zero attached hydrogens (tertiary/aromatic N) is 4. The molecule has 2 N–H and O–H groups in total. The van der Waals surface area contributed by atoms with Crippen molar-refractivity contribution in [1.29, 1.82) is 0 Å². The number of amides is 1. The van der Waals surface area contributed by atoms with Crippen LogP contribution in [0.4, 0.5) is 5.82 Å². The quantitative estimate of drug-likeness (QED) is 0.329. The van der Waals surface area contributed by atoms with Gasteiger partial charge in [-0.3, -0.25) is 4.79 Å². The number of nitrogen functional groups attached to an aromatic ring is 1. The summed E-state index contributed by atoms with van der Waals surface area (Å²) in [4.78, 5) is 26.7. The average molecular weight is 538 g/mol. The molecule has 8 nitrogen and oxygen atoms in total. The van der Waals surface area contributed by atoms with Crippen LogP contribution in [-0.2, 0) is 6.61 Å². The summed E-state index contributed by atoms with van der Waals surface area (Å²) in [6.45, 7) is 6.14. The molecule has 4 heterocycles. The fourth-order valence-corrected chi connectivity index (χ4v) is 5.67. The molecule has 2 aromatic heterocycles. The number of anilines is 1. The highest BCUT2D eigenvalue weighted by Gasteiger charge is 2.28. The number of piperidine rings is 1. The van der Waals surface area contributed by atoms with Crippen molar-refractivity contribution in [3.63, 3.8) is 0 Å². The monoisotopic (exact) mass is 537 g/mol. The molecule has 0 unspecified atom stereocenters. The number of pyridine rings is 1. The van der Waals surface area contributed by atoms with E-state index in [-0.39, 0.29) is 12.5 Å².